The molecule has 1 N–H and O–H groups in total. The Labute approximate surface area is 200 Å². The lowest BCUT2D eigenvalue weighted by Crippen LogP contribution is -3.12. The fraction of sp³-hybridized carbons (Fsp3) is 0.296. The summed E-state index contributed by atoms with van der Waals surface area (Å²) >= 11 is 0. The van der Waals surface area contributed by atoms with Crippen LogP contribution in [-0.4, -0.2) is 60.4 Å². The van der Waals surface area contributed by atoms with Gasteiger partial charge in [0, 0.05) is 17.3 Å². The molecule has 1 aromatic heterocycles. The third-order valence-corrected chi connectivity index (χ3v) is 5.92. The number of rotatable bonds is 7. The van der Waals surface area contributed by atoms with Crippen molar-refractivity contribution in [3.05, 3.63) is 71.9 Å². The number of amides is 1. The molecular formula is C27H30N5O2+. The Balaban J connectivity index is 1.70. The number of benzene rings is 2. The van der Waals surface area contributed by atoms with Gasteiger partial charge in [0.1, 0.15) is 17.4 Å². The Kier molecular flexibility index (Phi) is 7.41. The number of hydrogen-bond donors (Lipinski definition) is 1. The van der Waals surface area contributed by atoms with Crippen LogP contribution in [0.4, 0.5) is 0 Å². The maximum absolute atomic E-state index is 13.1. The molecule has 0 aliphatic carbocycles. The summed E-state index contributed by atoms with van der Waals surface area (Å²) in [5.41, 5.74) is 3.33. The van der Waals surface area contributed by atoms with Gasteiger partial charge < -0.3 is 14.5 Å². The van der Waals surface area contributed by atoms with Gasteiger partial charge in [-0.25, -0.2) is 4.68 Å². The van der Waals surface area contributed by atoms with Gasteiger partial charge in [0.25, 0.3) is 5.91 Å². The van der Waals surface area contributed by atoms with E-state index in [1.165, 1.54) is 4.90 Å². The van der Waals surface area contributed by atoms with Gasteiger partial charge in [-0.05, 0) is 48.9 Å². The fourth-order valence-electron chi connectivity index (χ4n) is 3.92. The zero-order valence-electron chi connectivity index (χ0n) is 19.7. The number of quaternary nitrogens is 1. The van der Waals surface area contributed by atoms with Gasteiger partial charge in [-0.15, -0.1) is 0 Å². The van der Waals surface area contributed by atoms with Crippen molar-refractivity contribution in [3.8, 4) is 28.8 Å². The van der Waals surface area contributed by atoms with Gasteiger partial charge in [-0.2, -0.15) is 10.4 Å². The van der Waals surface area contributed by atoms with Crippen molar-refractivity contribution in [3.63, 3.8) is 0 Å². The van der Waals surface area contributed by atoms with E-state index >= 15 is 0 Å². The highest BCUT2D eigenvalue weighted by Gasteiger charge is 2.24. The molecule has 3 aromatic rings. The maximum Gasteiger partial charge on any atom is 0.264 e. The van der Waals surface area contributed by atoms with Crippen LogP contribution in [0, 0.1) is 11.3 Å². The third-order valence-electron chi connectivity index (χ3n) is 5.92. The zero-order chi connectivity index (χ0) is 23.9. The van der Waals surface area contributed by atoms with E-state index < -0.39 is 0 Å². The second-order valence-electron chi connectivity index (χ2n) is 8.51. The van der Waals surface area contributed by atoms with Gasteiger partial charge in [0.05, 0.1) is 51.2 Å². The average molecular weight is 457 g/mol. The SMILES string of the molecule is CCCOc1ccc(-c2nn(-c3ccccc3)cc2/C=C(/C#N)C(=O)N2CC[NH+](C)CC2)cc1. The van der Waals surface area contributed by atoms with E-state index in [-0.39, 0.29) is 11.5 Å². The first-order valence-electron chi connectivity index (χ1n) is 11.7. The third kappa shape index (κ3) is 5.36. The molecule has 0 atom stereocenters. The van der Waals surface area contributed by atoms with E-state index in [1.54, 1.807) is 15.7 Å². The Bertz CT molecular complexity index is 1180. The molecule has 7 nitrogen and oxygen atoms in total. The molecule has 34 heavy (non-hydrogen) atoms. The number of carbonyl (C=O) groups is 1. The summed E-state index contributed by atoms with van der Waals surface area (Å²) in [5.74, 6) is 0.576. The van der Waals surface area contributed by atoms with Gasteiger partial charge in [0.15, 0.2) is 0 Å². The smallest absolute Gasteiger partial charge is 0.264 e. The lowest BCUT2D eigenvalue weighted by atomic mass is 10.1. The summed E-state index contributed by atoms with van der Waals surface area (Å²) in [6, 6.07) is 19.7. The molecule has 0 unspecified atom stereocenters. The predicted molar refractivity (Wildman–Crippen MR) is 132 cm³/mol. The number of nitriles is 1. The molecule has 1 amide bonds. The number of aromatic nitrogens is 2. The molecule has 174 valence electrons. The summed E-state index contributed by atoms with van der Waals surface area (Å²) < 4.78 is 7.49. The lowest BCUT2D eigenvalue weighted by molar-refractivity contribution is -0.883. The van der Waals surface area contributed by atoms with Crippen molar-refractivity contribution in [2.24, 2.45) is 0 Å². The number of hydrogen-bond acceptors (Lipinski definition) is 4. The van der Waals surface area contributed by atoms with Crippen LogP contribution in [0.5, 0.6) is 5.75 Å². The van der Waals surface area contributed by atoms with Crippen molar-refractivity contribution in [1.29, 1.82) is 5.26 Å². The van der Waals surface area contributed by atoms with Crippen molar-refractivity contribution >= 4 is 12.0 Å². The second kappa shape index (κ2) is 10.8. The molecule has 4 rings (SSSR count). The standard InChI is InChI=1S/C27H29N5O2/c1-3-17-34-25-11-9-21(10-12-25)26-23(20-32(29-26)24-7-5-4-6-8-24)18-22(19-28)27(33)31-15-13-30(2)14-16-31/h4-12,18,20H,3,13-17H2,1-2H3/p+1/b22-18-. The first-order chi connectivity index (χ1) is 16.6. The Hall–Kier alpha value is -3.89. The molecule has 1 aliphatic rings. The minimum atomic E-state index is -0.225. The molecule has 0 saturated carbocycles. The van der Waals surface area contributed by atoms with E-state index in [0.29, 0.717) is 25.4 Å². The van der Waals surface area contributed by atoms with E-state index in [1.807, 2.05) is 60.8 Å². The molecular weight excluding hydrogens is 426 g/mol. The normalized spacial score (nSPS) is 14.6. The average Bonchev–Trinajstić information content (AvgIpc) is 3.31. The Morgan fingerprint density at radius 1 is 1.15 bits per heavy atom. The Morgan fingerprint density at radius 2 is 1.85 bits per heavy atom. The van der Waals surface area contributed by atoms with Crippen LogP contribution in [0.25, 0.3) is 23.0 Å². The summed E-state index contributed by atoms with van der Waals surface area (Å²) in [4.78, 5) is 16.3. The molecule has 0 spiro atoms. The second-order valence-corrected chi connectivity index (χ2v) is 8.51. The summed E-state index contributed by atoms with van der Waals surface area (Å²) in [5, 5.41) is 14.6. The maximum atomic E-state index is 13.1. The first-order valence-corrected chi connectivity index (χ1v) is 11.7. The number of likely N-dealkylation sites (N-methyl/N-ethyl adjacent to an activating group) is 1. The summed E-state index contributed by atoms with van der Waals surface area (Å²) in [7, 11) is 2.12. The highest BCUT2D eigenvalue weighted by atomic mass is 16.5. The van der Waals surface area contributed by atoms with Crippen molar-refractivity contribution in [1.82, 2.24) is 14.7 Å². The van der Waals surface area contributed by atoms with Crippen LogP contribution in [0.2, 0.25) is 0 Å². The van der Waals surface area contributed by atoms with Crippen LogP contribution < -0.4 is 9.64 Å². The zero-order valence-corrected chi connectivity index (χ0v) is 19.7. The van der Waals surface area contributed by atoms with E-state index in [2.05, 4.69) is 20.0 Å². The molecule has 1 saturated heterocycles. The number of piperazine rings is 1. The van der Waals surface area contributed by atoms with Crippen LogP contribution in [0.15, 0.2) is 66.4 Å². The highest BCUT2D eigenvalue weighted by molar-refractivity contribution is 6.02. The molecule has 0 radical (unpaired) electrons. The first kappa shape index (κ1) is 23.3. The summed E-state index contributed by atoms with van der Waals surface area (Å²) in [6.07, 6.45) is 4.47. The number of nitrogens with one attached hydrogen (secondary N) is 1. The van der Waals surface area contributed by atoms with Crippen molar-refractivity contribution < 1.29 is 14.4 Å². The molecule has 1 fully saturated rings. The molecule has 7 heteroatoms. The van der Waals surface area contributed by atoms with Gasteiger partial charge in [0.2, 0.25) is 0 Å². The summed E-state index contributed by atoms with van der Waals surface area (Å²) in [6.45, 7) is 5.80. The molecule has 2 aromatic carbocycles. The van der Waals surface area contributed by atoms with E-state index in [4.69, 9.17) is 9.84 Å². The van der Waals surface area contributed by atoms with Crippen molar-refractivity contribution in [2.75, 3.05) is 39.8 Å². The molecule has 1 aliphatic heterocycles. The quantitative estimate of drug-likeness (QED) is 0.438. The number of ether oxygens (including phenoxy) is 1. The Morgan fingerprint density at radius 3 is 2.50 bits per heavy atom. The number of carbonyl (C=O) groups excluding carboxylic acids is 1. The number of para-hydroxylation sites is 1. The monoisotopic (exact) mass is 456 g/mol. The van der Waals surface area contributed by atoms with Crippen LogP contribution >= 0.6 is 0 Å². The topological polar surface area (TPSA) is 75.6 Å². The number of nitrogens with zero attached hydrogens (tertiary/aromatic N) is 4. The van der Waals surface area contributed by atoms with E-state index in [9.17, 15) is 10.1 Å². The largest absolute Gasteiger partial charge is 0.494 e. The molecule has 0 bridgehead atoms. The fourth-order valence-corrected chi connectivity index (χ4v) is 3.92. The van der Waals surface area contributed by atoms with Crippen LogP contribution in [0.1, 0.15) is 18.9 Å². The lowest BCUT2D eigenvalue weighted by Gasteiger charge is -2.29. The minimum absolute atomic E-state index is 0.122. The van der Waals surface area contributed by atoms with Gasteiger partial charge in [-0.1, -0.05) is 25.1 Å². The van der Waals surface area contributed by atoms with Gasteiger partial charge >= 0.3 is 0 Å². The van der Waals surface area contributed by atoms with Crippen LogP contribution in [0.3, 0.4) is 0 Å². The van der Waals surface area contributed by atoms with Crippen LogP contribution in [-0.2, 0) is 4.79 Å². The predicted octanol–water partition coefficient (Wildman–Crippen LogP) is 2.59. The minimum Gasteiger partial charge on any atom is -0.494 e. The van der Waals surface area contributed by atoms with Gasteiger partial charge in [-0.3, -0.25) is 4.79 Å². The van der Waals surface area contributed by atoms with E-state index in [0.717, 1.165) is 42.1 Å². The molecule has 2 heterocycles. The highest BCUT2D eigenvalue weighted by Crippen LogP contribution is 2.28. The van der Waals surface area contributed by atoms with Crippen molar-refractivity contribution in [2.45, 2.75) is 13.3 Å².